The summed E-state index contributed by atoms with van der Waals surface area (Å²) in [6, 6.07) is 18.4. The SMILES string of the molecule is CC(C)CN1c2nn(Cc3cccc(CN4CCCC4)c3)c(Nc3ccccc3)c2C(=O)N(C)C1O. The Balaban J connectivity index is 1.53. The zero-order valence-corrected chi connectivity index (χ0v) is 21.4. The van der Waals surface area contributed by atoms with Crippen LogP contribution >= 0.6 is 0 Å². The number of rotatable bonds is 8. The zero-order valence-electron chi connectivity index (χ0n) is 21.4. The molecule has 8 heteroatoms. The largest absolute Gasteiger partial charge is 0.356 e. The van der Waals surface area contributed by atoms with Gasteiger partial charge in [0.05, 0.1) is 6.54 Å². The highest BCUT2D eigenvalue weighted by Gasteiger charge is 2.40. The second-order valence-electron chi connectivity index (χ2n) is 10.3. The molecule has 1 saturated heterocycles. The Hall–Kier alpha value is -3.36. The van der Waals surface area contributed by atoms with Crippen LogP contribution in [0.5, 0.6) is 0 Å². The summed E-state index contributed by atoms with van der Waals surface area (Å²) in [5.74, 6) is 1.20. The van der Waals surface area contributed by atoms with Crippen LogP contribution in [0, 0.1) is 5.92 Å². The molecule has 3 heterocycles. The van der Waals surface area contributed by atoms with E-state index in [1.165, 1.54) is 23.3 Å². The molecule has 5 rings (SSSR count). The molecule has 2 aliphatic rings. The van der Waals surface area contributed by atoms with Crippen LogP contribution in [-0.2, 0) is 13.1 Å². The number of carbonyl (C=O) groups excluding carboxylic acids is 1. The van der Waals surface area contributed by atoms with Gasteiger partial charge in [0.1, 0.15) is 11.4 Å². The zero-order chi connectivity index (χ0) is 25.2. The van der Waals surface area contributed by atoms with E-state index in [1.807, 2.05) is 39.9 Å². The predicted octanol–water partition coefficient (Wildman–Crippen LogP) is 4.09. The number of nitrogens with zero attached hydrogens (tertiary/aromatic N) is 5. The monoisotopic (exact) mass is 488 g/mol. The summed E-state index contributed by atoms with van der Waals surface area (Å²) < 4.78 is 1.86. The van der Waals surface area contributed by atoms with Crippen LogP contribution in [0.15, 0.2) is 54.6 Å². The van der Waals surface area contributed by atoms with E-state index < -0.39 is 6.35 Å². The maximum Gasteiger partial charge on any atom is 0.264 e. The first kappa shape index (κ1) is 24.3. The first-order chi connectivity index (χ1) is 17.4. The van der Waals surface area contributed by atoms with Crippen molar-refractivity contribution in [2.75, 3.05) is 36.9 Å². The molecule has 8 nitrogen and oxygen atoms in total. The molecule has 1 amide bonds. The minimum absolute atomic E-state index is 0.245. The second-order valence-corrected chi connectivity index (χ2v) is 10.3. The number of hydrogen-bond donors (Lipinski definition) is 2. The van der Waals surface area contributed by atoms with Gasteiger partial charge in [-0.2, -0.15) is 5.10 Å². The van der Waals surface area contributed by atoms with Crippen LogP contribution in [-0.4, -0.2) is 63.6 Å². The van der Waals surface area contributed by atoms with Gasteiger partial charge in [-0.05, 0) is 55.1 Å². The van der Waals surface area contributed by atoms with E-state index in [-0.39, 0.29) is 11.8 Å². The van der Waals surface area contributed by atoms with E-state index >= 15 is 0 Å². The number of nitrogens with one attached hydrogen (secondary N) is 1. The number of hydrogen-bond acceptors (Lipinski definition) is 6. The molecule has 2 aromatic carbocycles. The van der Waals surface area contributed by atoms with Crippen molar-refractivity contribution in [1.29, 1.82) is 0 Å². The molecule has 36 heavy (non-hydrogen) atoms. The molecular formula is C28H36N6O2. The number of aromatic nitrogens is 2. The molecule has 0 saturated carbocycles. The number of amides is 1. The average Bonchev–Trinajstić information content (AvgIpc) is 3.49. The topological polar surface area (TPSA) is 76.9 Å². The Labute approximate surface area is 213 Å². The molecule has 1 aromatic heterocycles. The molecule has 0 radical (unpaired) electrons. The van der Waals surface area contributed by atoms with Crippen LogP contribution in [0.4, 0.5) is 17.3 Å². The molecule has 0 bridgehead atoms. The van der Waals surface area contributed by atoms with E-state index in [0.717, 1.165) is 30.9 Å². The third-order valence-corrected chi connectivity index (χ3v) is 6.89. The predicted molar refractivity (Wildman–Crippen MR) is 142 cm³/mol. The summed E-state index contributed by atoms with van der Waals surface area (Å²) in [5, 5.41) is 19.3. The Morgan fingerprint density at radius 3 is 2.42 bits per heavy atom. The van der Waals surface area contributed by atoms with Crippen molar-refractivity contribution < 1.29 is 9.90 Å². The van der Waals surface area contributed by atoms with Gasteiger partial charge in [-0.25, -0.2) is 4.68 Å². The van der Waals surface area contributed by atoms with Crippen LogP contribution in [0.3, 0.4) is 0 Å². The van der Waals surface area contributed by atoms with Gasteiger partial charge in [0.2, 0.25) is 6.35 Å². The number of para-hydroxylation sites is 1. The summed E-state index contributed by atoms with van der Waals surface area (Å²) in [4.78, 5) is 19.1. The van der Waals surface area contributed by atoms with Crippen LogP contribution < -0.4 is 10.2 Å². The molecule has 2 N–H and O–H groups in total. The number of aliphatic hydroxyl groups is 1. The van der Waals surface area contributed by atoms with Crippen molar-refractivity contribution in [3.8, 4) is 0 Å². The van der Waals surface area contributed by atoms with Crippen molar-refractivity contribution in [3.63, 3.8) is 0 Å². The molecule has 1 unspecified atom stereocenters. The Morgan fingerprint density at radius 2 is 1.72 bits per heavy atom. The van der Waals surface area contributed by atoms with Gasteiger partial charge in [0, 0.05) is 25.8 Å². The van der Waals surface area contributed by atoms with Crippen molar-refractivity contribution in [2.45, 2.75) is 46.1 Å². The Morgan fingerprint density at radius 1 is 1.03 bits per heavy atom. The summed E-state index contributed by atoms with van der Waals surface area (Å²) >= 11 is 0. The average molecular weight is 489 g/mol. The smallest absolute Gasteiger partial charge is 0.264 e. The summed E-state index contributed by atoms with van der Waals surface area (Å²) in [7, 11) is 1.63. The fraction of sp³-hybridized carbons (Fsp3) is 0.429. The highest BCUT2D eigenvalue weighted by Crippen LogP contribution is 2.36. The first-order valence-corrected chi connectivity index (χ1v) is 12.9. The van der Waals surface area contributed by atoms with Crippen molar-refractivity contribution >= 4 is 23.2 Å². The minimum Gasteiger partial charge on any atom is -0.356 e. The second kappa shape index (κ2) is 10.3. The lowest BCUT2D eigenvalue weighted by Gasteiger charge is -2.39. The number of benzene rings is 2. The molecule has 1 atom stereocenters. The number of anilines is 3. The van der Waals surface area contributed by atoms with Gasteiger partial charge in [0.25, 0.3) is 5.91 Å². The van der Waals surface area contributed by atoms with E-state index in [0.29, 0.717) is 30.3 Å². The Bertz CT molecular complexity index is 1200. The minimum atomic E-state index is -1.05. The number of likely N-dealkylation sites (tertiary alicyclic amines) is 1. The molecule has 1 fully saturated rings. The summed E-state index contributed by atoms with van der Waals surface area (Å²) in [6.45, 7) is 8.55. The molecule has 3 aromatic rings. The van der Waals surface area contributed by atoms with Crippen LogP contribution in [0.2, 0.25) is 0 Å². The lowest BCUT2D eigenvalue weighted by Crippen LogP contribution is -2.54. The molecule has 190 valence electrons. The third kappa shape index (κ3) is 4.96. The van der Waals surface area contributed by atoms with Gasteiger partial charge in [-0.15, -0.1) is 0 Å². The van der Waals surface area contributed by atoms with Crippen molar-refractivity contribution in [3.05, 3.63) is 71.3 Å². The molecule has 0 spiro atoms. The first-order valence-electron chi connectivity index (χ1n) is 12.9. The van der Waals surface area contributed by atoms with E-state index in [2.05, 4.69) is 48.3 Å². The van der Waals surface area contributed by atoms with Gasteiger partial charge >= 0.3 is 0 Å². The highest BCUT2D eigenvalue weighted by molar-refractivity contribution is 6.06. The quantitative estimate of drug-likeness (QED) is 0.497. The van der Waals surface area contributed by atoms with E-state index in [9.17, 15) is 9.90 Å². The summed E-state index contributed by atoms with van der Waals surface area (Å²) in [5.41, 5.74) is 3.78. The normalized spacial score (nSPS) is 18.2. The summed E-state index contributed by atoms with van der Waals surface area (Å²) in [6.07, 6.45) is 1.49. The highest BCUT2D eigenvalue weighted by atomic mass is 16.3. The number of fused-ring (bicyclic) bond motifs is 1. The number of aliphatic hydroxyl groups excluding tert-OH is 1. The van der Waals surface area contributed by atoms with E-state index in [1.54, 1.807) is 7.05 Å². The molecule has 2 aliphatic heterocycles. The van der Waals surface area contributed by atoms with Gasteiger partial charge in [-0.1, -0.05) is 56.3 Å². The lowest BCUT2D eigenvalue weighted by molar-refractivity contribution is 0.0124. The van der Waals surface area contributed by atoms with E-state index in [4.69, 9.17) is 5.10 Å². The maximum atomic E-state index is 13.4. The third-order valence-electron chi connectivity index (χ3n) is 6.89. The van der Waals surface area contributed by atoms with Gasteiger partial charge in [0.15, 0.2) is 5.82 Å². The maximum absolute atomic E-state index is 13.4. The fourth-order valence-corrected chi connectivity index (χ4v) is 5.12. The van der Waals surface area contributed by atoms with Gasteiger partial charge in [-0.3, -0.25) is 14.6 Å². The van der Waals surface area contributed by atoms with Crippen molar-refractivity contribution in [1.82, 2.24) is 19.6 Å². The fourth-order valence-electron chi connectivity index (χ4n) is 5.12. The number of carbonyl (C=O) groups is 1. The Kier molecular flexibility index (Phi) is 6.98. The van der Waals surface area contributed by atoms with Crippen LogP contribution in [0.1, 0.15) is 48.2 Å². The molecule has 0 aliphatic carbocycles. The van der Waals surface area contributed by atoms with Crippen LogP contribution in [0.25, 0.3) is 0 Å². The van der Waals surface area contributed by atoms with Gasteiger partial charge < -0.3 is 15.3 Å². The lowest BCUT2D eigenvalue weighted by atomic mass is 10.1. The molecular weight excluding hydrogens is 452 g/mol. The standard InChI is InChI=1S/C28H36N6O2/c1-20(2)17-33-26-24(27(35)31(3)28(33)36)25(29-23-12-5-4-6-13-23)34(30-26)19-22-11-9-10-21(16-22)18-32-14-7-8-15-32/h4-6,9-13,16,20,28-29,36H,7-8,14-15,17-19H2,1-3H3. The van der Waals surface area contributed by atoms with Crippen molar-refractivity contribution in [2.24, 2.45) is 5.92 Å².